The molecule has 2 heterocycles. The normalized spacial score (nSPS) is 17.0. The van der Waals surface area contributed by atoms with E-state index in [1.807, 2.05) is 44.2 Å². The lowest BCUT2D eigenvalue weighted by molar-refractivity contribution is 0.0935. The number of benzene rings is 2. The summed E-state index contributed by atoms with van der Waals surface area (Å²) in [6.45, 7) is 5.82. The van der Waals surface area contributed by atoms with Gasteiger partial charge in [0.15, 0.2) is 34.5 Å². The number of carbonyl (C=O) groups excluding carboxylic acids is 1. The van der Waals surface area contributed by atoms with E-state index in [-0.39, 0.29) is 29.3 Å². The van der Waals surface area contributed by atoms with Crippen molar-refractivity contribution in [2.24, 2.45) is 16.5 Å². The van der Waals surface area contributed by atoms with E-state index < -0.39 is 29.2 Å². The molecule has 1 aliphatic heterocycles. The molecular weight excluding hydrogens is 540 g/mol. The highest BCUT2D eigenvalue weighted by atomic mass is 19.2. The smallest absolute Gasteiger partial charge is 0.274 e. The van der Waals surface area contributed by atoms with Crippen molar-refractivity contribution in [1.82, 2.24) is 20.6 Å². The maximum absolute atomic E-state index is 13.7. The van der Waals surface area contributed by atoms with Crippen molar-refractivity contribution in [3.8, 4) is 6.07 Å². The number of rotatable bonds is 10. The van der Waals surface area contributed by atoms with Gasteiger partial charge in [0.1, 0.15) is 6.07 Å². The van der Waals surface area contributed by atoms with Crippen molar-refractivity contribution in [3.63, 3.8) is 0 Å². The number of hydrogen-bond acceptors (Lipinski definition) is 9. The number of nitrogens with two attached hydrogens (primary N) is 2. The number of aromatic nitrogens is 2. The summed E-state index contributed by atoms with van der Waals surface area (Å²) >= 11 is 0. The fraction of sp³-hybridized carbons (Fsp3) is 0.300. The molecule has 3 aromatic rings. The highest BCUT2D eigenvalue weighted by molar-refractivity contribution is 5.97. The molecule has 10 nitrogen and oxygen atoms in total. The molecule has 0 radical (unpaired) electrons. The van der Waals surface area contributed by atoms with Gasteiger partial charge in [0.25, 0.3) is 5.91 Å². The lowest BCUT2D eigenvalue weighted by Crippen LogP contribution is -2.56. The van der Waals surface area contributed by atoms with Gasteiger partial charge in [0.05, 0.1) is 18.0 Å². The van der Waals surface area contributed by atoms with Gasteiger partial charge < -0.3 is 27.4 Å². The van der Waals surface area contributed by atoms with Gasteiger partial charge >= 0.3 is 0 Å². The Morgan fingerprint density at radius 3 is 2.60 bits per heavy atom. The average Bonchev–Trinajstić information content (AvgIpc) is 2.96. The molecule has 0 bridgehead atoms. The van der Waals surface area contributed by atoms with Crippen LogP contribution in [0.2, 0.25) is 0 Å². The van der Waals surface area contributed by atoms with E-state index >= 15 is 0 Å². The molecule has 0 saturated heterocycles. The van der Waals surface area contributed by atoms with Crippen LogP contribution in [0.1, 0.15) is 72.5 Å². The number of nitrogens with one attached hydrogen (secondary N) is 3. The van der Waals surface area contributed by atoms with Gasteiger partial charge in [0, 0.05) is 24.5 Å². The van der Waals surface area contributed by atoms with Crippen molar-refractivity contribution < 1.29 is 13.6 Å². The molecular formula is C30H33F2N9O. The lowest BCUT2D eigenvalue weighted by atomic mass is 9.87. The molecule has 1 amide bonds. The van der Waals surface area contributed by atoms with E-state index in [9.17, 15) is 18.8 Å². The van der Waals surface area contributed by atoms with Gasteiger partial charge in [-0.3, -0.25) is 9.79 Å². The molecule has 2 atom stereocenters. The van der Waals surface area contributed by atoms with Crippen LogP contribution in [0.3, 0.4) is 0 Å². The number of anilines is 1. The standard InChI is InChI=1S/C30H33F2N9O/c1-18(20-6-9-23(31)24(32)14-20)40-28(42)26-27(38-17-22(15-33)41-26)37-16-19-4-7-21(8-5-19)30(35)25(36-12-13-39-30)10-11-29(2,3)34/h4-9,12-14,17-18,39H,10-11,16,34-35H2,1-3H3,(H,37,38)(H,40,42)/t18-,30?/m0/s1. The second-order valence-electron chi connectivity index (χ2n) is 10.8. The number of hydrogen-bond donors (Lipinski definition) is 5. The number of carbonyl (C=O) groups is 1. The fourth-order valence-electron chi connectivity index (χ4n) is 4.37. The van der Waals surface area contributed by atoms with Crippen LogP contribution in [0.25, 0.3) is 0 Å². The van der Waals surface area contributed by atoms with Crippen LogP contribution in [0, 0.1) is 23.0 Å². The predicted molar refractivity (Wildman–Crippen MR) is 156 cm³/mol. The number of halogens is 2. The Hall–Kier alpha value is -4.73. The highest BCUT2D eigenvalue weighted by Crippen LogP contribution is 2.25. The highest BCUT2D eigenvalue weighted by Gasteiger charge is 2.34. The Bertz CT molecular complexity index is 1560. The van der Waals surface area contributed by atoms with Crippen LogP contribution < -0.4 is 27.4 Å². The van der Waals surface area contributed by atoms with Gasteiger partial charge in [-0.25, -0.2) is 18.7 Å². The zero-order valence-corrected chi connectivity index (χ0v) is 23.6. The Balaban J connectivity index is 1.48. The number of amides is 1. The van der Waals surface area contributed by atoms with Crippen molar-refractivity contribution >= 4 is 17.4 Å². The Kier molecular flexibility index (Phi) is 8.94. The summed E-state index contributed by atoms with van der Waals surface area (Å²) in [4.78, 5) is 26.0. The minimum atomic E-state index is -1.02. The first-order valence-corrected chi connectivity index (χ1v) is 13.3. The molecule has 2 aromatic carbocycles. The lowest BCUT2D eigenvalue weighted by Gasteiger charge is -2.35. The SMILES string of the molecule is C[C@H](NC(=O)c1nc(C#N)cnc1NCc1ccc(C2(N)NC=CN=C2CCC(C)(C)N)cc1)c1ccc(F)c(F)c1. The maximum Gasteiger partial charge on any atom is 0.274 e. The number of nitrogens with zero attached hydrogens (tertiary/aromatic N) is 4. The van der Waals surface area contributed by atoms with Crippen LogP contribution in [0.15, 0.2) is 66.1 Å². The quantitative estimate of drug-likeness (QED) is 0.244. The Morgan fingerprint density at radius 2 is 1.93 bits per heavy atom. The molecule has 0 saturated carbocycles. The first-order valence-electron chi connectivity index (χ1n) is 13.3. The molecule has 0 fully saturated rings. The van der Waals surface area contributed by atoms with Crippen molar-refractivity contribution in [1.29, 1.82) is 5.26 Å². The topological polar surface area (TPSA) is 167 Å². The van der Waals surface area contributed by atoms with E-state index in [0.29, 0.717) is 18.4 Å². The molecule has 1 aromatic heterocycles. The summed E-state index contributed by atoms with van der Waals surface area (Å²) in [5.41, 5.74) is 14.2. The molecule has 1 aliphatic rings. The maximum atomic E-state index is 13.7. The second kappa shape index (κ2) is 12.4. The summed E-state index contributed by atoms with van der Waals surface area (Å²) < 4.78 is 27.0. The average molecular weight is 574 g/mol. The zero-order chi connectivity index (χ0) is 30.5. The Labute approximate surface area is 243 Å². The summed E-state index contributed by atoms with van der Waals surface area (Å²) in [6, 6.07) is 12.2. The minimum Gasteiger partial charge on any atom is -0.364 e. The first kappa shape index (κ1) is 30.2. The van der Waals surface area contributed by atoms with E-state index in [1.165, 1.54) is 12.3 Å². The fourth-order valence-corrected chi connectivity index (χ4v) is 4.37. The van der Waals surface area contributed by atoms with Crippen LogP contribution in [0.5, 0.6) is 0 Å². The molecule has 12 heteroatoms. The largest absolute Gasteiger partial charge is 0.364 e. The van der Waals surface area contributed by atoms with E-state index in [2.05, 4.69) is 30.9 Å². The predicted octanol–water partition coefficient (Wildman–Crippen LogP) is 3.87. The van der Waals surface area contributed by atoms with Crippen LogP contribution in [-0.2, 0) is 12.2 Å². The second-order valence-corrected chi connectivity index (χ2v) is 10.8. The van der Waals surface area contributed by atoms with Gasteiger partial charge in [-0.15, -0.1) is 0 Å². The van der Waals surface area contributed by atoms with Crippen molar-refractivity contribution in [2.75, 3.05) is 5.32 Å². The number of nitriles is 1. The molecule has 218 valence electrons. The third kappa shape index (κ3) is 7.12. The molecule has 0 aliphatic carbocycles. The molecule has 1 unspecified atom stereocenters. The molecule has 0 spiro atoms. The summed E-state index contributed by atoms with van der Waals surface area (Å²) in [6.07, 6.45) is 5.97. The van der Waals surface area contributed by atoms with Crippen molar-refractivity contribution in [2.45, 2.75) is 57.4 Å². The van der Waals surface area contributed by atoms with Crippen molar-refractivity contribution in [3.05, 3.63) is 101 Å². The third-order valence-corrected chi connectivity index (χ3v) is 6.84. The summed E-state index contributed by atoms with van der Waals surface area (Å²) in [7, 11) is 0. The van der Waals surface area contributed by atoms with Gasteiger partial charge in [-0.05, 0) is 62.4 Å². The van der Waals surface area contributed by atoms with Gasteiger partial charge in [0.2, 0.25) is 0 Å². The van der Waals surface area contributed by atoms with E-state index in [0.717, 1.165) is 29.0 Å². The van der Waals surface area contributed by atoms with Crippen LogP contribution >= 0.6 is 0 Å². The first-order chi connectivity index (χ1) is 19.9. The monoisotopic (exact) mass is 573 g/mol. The van der Waals surface area contributed by atoms with Gasteiger partial charge in [-0.1, -0.05) is 30.3 Å². The minimum absolute atomic E-state index is 0.0479. The van der Waals surface area contributed by atoms with E-state index in [4.69, 9.17) is 11.5 Å². The number of aliphatic imine (C=N–C) groups is 1. The molecule has 42 heavy (non-hydrogen) atoms. The van der Waals surface area contributed by atoms with Crippen LogP contribution in [0.4, 0.5) is 14.6 Å². The third-order valence-electron chi connectivity index (χ3n) is 6.84. The zero-order valence-electron chi connectivity index (χ0n) is 23.6. The molecule has 7 N–H and O–H groups in total. The van der Waals surface area contributed by atoms with E-state index in [1.54, 1.807) is 19.3 Å². The summed E-state index contributed by atoms with van der Waals surface area (Å²) in [5, 5.41) is 18.3. The van der Waals surface area contributed by atoms with Crippen LogP contribution in [-0.4, -0.2) is 27.1 Å². The summed E-state index contributed by atoms with van der Waals surface area (Å²) in [5.74, 6) is -2.49. The Morgan fingerprint density at radius 1 is 1.19 bits per heavy atom. The molecule has 4 rings (SSSR count). The van der Waals surface area contributed by atoms with Gasteiger partial charge in [-0.2, -0.15) is 5.26 Å².